The molecule has 54 heavy (non-hydrogen) atoms. The van der Waals surface area contributed by atoms with Crippen LogP contribution in [0.15, 0.2) is 66.7 Å². The number of hydrogen-bond acceptors (Lipinski definition) is 8. The van der Waals surface area contributed by atoms with Crippen molar-refractivity contribution in [2.24, 2.45) is 17.6 Å². The number of pyridine rings is 1. The van der Waals surface area contributed by atoms with Gasteiger partial charge in [0.1, 0.15) is 29.2 Å². The molecule has 3 aromatic rings. The van der Waals surface area contributed by atoms with Crippen LogP contribution in [0.4, 0.5) is 0 Å². The second kappa shape index (κ2) is 15.8. The topological polar surface area (TPSA) is 153 Å². The smallest absolute Gasteiger partial charge is 0.243 e. The van der Waals surface area contributed by atoms with Crippen LogP contribution < -0.4 is 20.5 Å². The number of allylic oxidation sites excluding steroid dienone is 1. The van der Waals surface area contributed by atoms with Crippen LogP contribution in [0.3, 0.4) is 0 Å². The van der Waals surface area contributed by atoms with E-state index in [1.54, 1.807) is 16.9 Å². The summed E-state index contributed by atoms with van der Waals surface area (Å²) >= 11 is 0. The van der Waals surface area contributed by atoms with Crippen molar-refractivity contribution in [1.82, 2.24) is 20.1 Å². The van der Waals surface area contributed by atoms with Gasteiger partial charge in [0.25, 0.3) is 0 Å². The van der Waals surface area contributed by atoms with Crippen LogP contribution in [-0.4, -0.2) is 95.0 Å². The monoisotopic (exact) mass is 737 g/mol. The van der Waals surface area contributed by atoms with Crippen LogP contribution in [0.25, 0.3) is 22.2 Å². The van der Waals surface area contributed by atoms with Gasteiger partial charge < -0.3 is 35.1 Å². The molecule has 2 unspecified atom stereocenters. The second-order valence-corrected chi connectivity index (χ2v) is 15.4. The number of nitrogens with one attached hydrogen (secondary N) is 1. The number of morpholine rings is 1. The lowest BCUT2D eigenvalue weighted by molar-refractivity contribution is -0.149. The van der Waals surface area contributed by atoms with Gasteiger partial charge in [-0.25, -0.2) is 4.98 Å². The van der Waals surface area contributed by atoms with Crippen molar-refractivity contribution in [1.29, 1.82) is 0 Å². The van der Waals surface area contributed by atoms with E-state index in [0.717, 1.165) is 36.6 Å². The molecule has 2 saturated heterocycles. The Morgan fingerprint density at radius 1 is 1.02 bits per heavy atom. The number of primary amides is 1. The number of nitrogens with zero attached hydrogens (tertiary/aromatic N) is 3. The van der Waals surface area contributed by atoms with E-state index in [2.05, 4.69) is 11.4 Å². The van der Waals surface area contributed by atoms with Crippen molar-refractivity contribution >= 4 is 34.5 Å². The summed E-state index contributed by atoms with van der Waals surface area (Å²) in [5.41, 5.74) is 6.98. The summed E-state index contributed by atoms with van der Waals surface area (Å²) in [6, 6.07) is 16.3. The number of carbonyl (C=O) groups is 4. The van der Waals surface area contributed by atoms with Crippen LogP contribution in [-0.2, 0) is 23.9 Å². The third-order valence-corrected chi connectivity index (χ3v) is 11.3. The number of rotatable bonds is 7. The highest BCUT2D eigenvalue weighted by atomic mass is 16.5. The van der Waals surface area contributed by atoms with Gasteiger partial charge in [0, 0.05) is 60.8 Å². The summed E-state index contributed by atoms with van der Waals surface area (Å²) in [7, 11) is 1.60. The highest BCUT2D eigenvalue weighted by molar-refractivity contribution is 5.97. The fourth-order valence-corrected chi connectivity index (χ4v) is 8.38. The fourth-order valence-electron chi connectivity index (χ4n) is 8.38. The highest BCUT2D eigenvalue weighted by Crippen LogP contribution is 2.45. The van der Waals surface area contributed by atoms with E-state index in [9.17, 15) is 19.2 Å². The van der Waals surface area contributed by atoms with Crippen LogP contribution in [0.5, 0.6) is 11.5 Å². The van der Waals surface area contributed by atoms with Gasteiger partial charge in [0.15, 0.2) is 0 Å². The molecule has 4 amide bonds. The zero-order valence-electron chi connectivity index (χ0n) is 31.4. The van der Waals surface area contributed by atoms with Crippen molar-refractivity contribution in [2.45, 2.75) is 95.1 Å². The molecular weight excluding hydrogens is 686 g/mol. The Balaban J connectivity index is 1.21. The number of ether oxygens (including phenoxy) is 3. The molecule has 3 fully saturated rings. The summed E-state index contributed by atoms with van der Waals surface area (Å²) < 4.78 is 18.1. The predicted octanol–water partition coefficient (Wildman–Crippen LogP) is 4.78. The maximum absolute atomic E-state index is 14.7. The third kappa shape index (κ3) is 7.94. The van der Waals surface area contributed by atoms with Gasteiger partial charge in [0.05, 0.1) is 37.1 Å². The molecule has 1 saturated carbocycles. The number of benzene rings is 2. The summed E-state index contributed by atoms with van der Waals surface area (Å²) in [6.07, 6.45) is 7.79. The molecule has 0 bridgehead atoms. The van der Waals surface area contributed by atoms with Gasteiger partial charge in [-0.3, -0.25) is 19.2 Å². The quantitative estimate of drug-likeness (QED) is 0.329. The summed E-state index contributed by atoms with van der Waals surface area (Å²) in [5.74, 6) is -1.02. The van der Waals surface area contributed by atoms with E-state index < -0.39 is 35.4 Å². The maximum atomic E-state index is 14.7. The van der Waals surface area contributed by atoms with Gasteiger partial charge in [-0.15, -0.1) is 0 Å². The predicted molar refractivity (Wildman–Crippen MR) is 203 cm³/mol. The van der Waals surface area contributed by atoms with Crippen LogP contribution in [0.2, 0.25) is 0 Å². The summed E-state index contributed by atoms with van der Waals surface area (Å²) in [6.45, 7) is 4.95. The average Bonchev–Trinajstić information content (AvgIpc) is 3.70. The molecule has 4 aliphatic rings. The normalized spacial score (nSPS) is 29.0. The number of hydrogen-bond donors (Lipinski definition) is 2. The molecular formula is C42H51N5O7. The molecule has 286 valence electrons. The Hall–Kier alpha value is -4.97. The zero-order valence-corrected chi connectivity index (χ0v) is 31.4. The van der Waals surface area contributed by atoms with Crippen molar-refractivity contribution in [3.63, 3.8) is 0 Å². The van der Waals surface area contributed by atoms with Crippen LogP contribution >= 0.6 is 0 Å². The SMILES string of the molecule is COc1ccc2c(O[C@@H]3C[C@H]4C(=O)N[C@]5(C(N)=O)C[C@H]5C=CCCCCC[C@H](CC(=O)N5CC(C)OC(C)C5)C(=O)N4C3)cc(-c3ccccc3)nc2c1. The van der Waals surface area contributed by atoms with E-state index in [1.165, 1.54) is 0 Å². The van der Waals surface area contributed by atoms with Crippen molar-refractivity contribution in [3.05, 3.63) is 66.7 Å². The van der Waals surface area contributed by atoms with Gasteiger partial charge in [-0.2, -0.15) is 0 Å². The minimum Gasteiger partial charge on any atom is -0.497 e. The summed E-state index contributed by atoms with van der Waals surface area (Å²) in [5, 5.41) is 3.73. The largest absolute Gasteiger partial charge is 0.497 e. The first-order valence-corrected chi connectivity index (χ1v) is 19.3. The van der Waals surface area contributed by atoms with Gasteiger partial charge in [0.2, 0.25) is 23.6 Å². The van der Waals surface area contributed by atoms with E-state index in [4.69, 9.17) is 24.9 Å². The zero-order chi connectivity index (χ0) is 38.0. The standard InChI is InChI=1S/C42H51N5O7/c1-26-23-46(24-27(2)53-26)38(48)18-29-14-8-5-4-6-11-15-30-22-42(30,41(43)51)45-39(49)36-20-32(25-47(36)40(29)50)54-37-21-34(28-12-9-7-10-13-28)44-35-19-31(52-3)16-17-33(35)37/h7,9-13,15-17,19,21,26-27,29-30,32,36H,4-6,8,14,18,20,22-25H2,1-3H3,(H2,43,51)(H,45,49)/t26?,27?,29-,30-,32-,36+,42-/m1/s1. The number of nitrogens with two attached hydrogens (primary N) is 1. The average molecular weight is 738 g/mol. The fraction of sp³-hybridized carbons (Fsp3) is 0.500. The molecule has 1 aromatic heterocycles. The Kier molecular flexibility index (Phi) is 10.9. The van der Waals surface area contributed by atoms with Gasteiger partial charge in [-0.1, -0.05) is 55.3 Å². The van der Waals surface area contributed by atoms with Crippen molar-refractivity contribution in [3.8, 4) is 22.8 Å². The molecule has 3 aliphatic heterocycles. The Bertz CT molecular complexity index is 1910. The first kappa shape index (κ1) is 37.3. The van der Waals surface area contributed by atoms with Crippen LogP contribution in [0, 0.1) is 11.8 Å². The Morgan fingerprint density at radius 3 is 2.54 bits per heavy atom. The number of aromatic nitrogens is 1. The first-order valence-electron chi connectivity index (χ1n) is 19.3. The molecule has 2 aromatic carbocycles. The van der Waals surface area contributed by atoms with Gasteiger partial charge >= 0.3 is 0 Å². The molecule has 12 nitrogen and oxygen atoms in total. The van der Waals surface area contributed by atoms with Crippen LogP contribution in [0.1, 0.15) is 65.2 Å². The molecule has 1 aliphatic carbocycles. The Labute approximate surface area is 316 Å². The van der Waals surface area contributed by atoms with E-state index in [1.807, 2.05) is 74.5 Å². The Morgan fingerprint density at radius 2 is 1.80 bits per heavy atom. The third-order valence-electron chi connectivity index (χ3n) is 11.3. The van der Waals surface area contributed by atoms with Gasteiger partial charge in [-0.05, 0) is 51.7 Å². The molecule has 0 radical (unpaired) electrons. The lowest BCUT2D eigenvalue weighted by Gasteiger charge is -2.36. The first-order chi connectivity index (χ1) is 26.0. The minimum absolute atomic E-state index is 0.0408. The molecule has 7 rings (SSSR count). The molecule has 12 heteroatoms. The number of fused-ring (bicyclic) bond motifs is 3. The molecule has 7 atom stereocenters. The second-order valence-electron chi connectivity index (χ2n) is 15.4. The lowest BCUT2D eigenvalue weighted by atomic mass is 9.94. The van der Waals surface area contributed by atoms with E-state index in [-0.39, 0.29) is 49.3 Å². The highest BCUT2D eigenvalue weighted by Gasteiger charge is 2.60. The lowest BCUT2D eigenvalue weighted by Crippen LogP contribution is -2.55. The maximum Gasteiger partial charge on any atom is 0.243 e. The molecule has 0 spiro atoms. The molecule has 4 heterocycles. The molecule has 3 N–H and O–H groups in total. The van der Waals surface area contributed by atoms with Crippen molar-refractivity contribution in [2.75, 3.05) is 26.7 Å². The van der Waals surface area contributed by atoms with E-state index >= 15 is 0 Å². The minimum atomic E-state index is -1.20. The number of amides is 4. The van der Waals surface area contributed by atoms with Crippen molar-refractivity contribution < 1.29 is 33.4 Å². The van der Waals surface area contributed by atoms with E-state index in [0.29, 0.717) is 48.6 Å². The number of methoxy groups -OCH3 is 1. The summed E-state index contributed by atoms with van der Waals surface area (Å²) in [4.78, 5) is 63.9. The number of carbonyl (C=O) groups excluding carboxylic acids is 4.